The lowest BCUT2D eigenvalue weighted by molar-refractivity contribution is -0.138. The molecular weight excluding hydrogens is 210 g/mol. The number of hydrogen-bond donors (Lipinski definition) is 3. The van der Waals surface area contributed by atoms with E-state index in [-0.39, 0.29) is 6.54 Å². The monoisotopic (exact) mass is 223 g/mol. The van der Waals surface area contributed by atoms with Crippen LogP contribution in [0, 0.1) is 0 Å². The fourth-order valence-corrected chi connectivity index (χ4v) is 1.34. The Balaban J connectivity index is 2.91. The Morgan fingerprint density at radius 3 is 2.50 bits per heavy atom. The zero-order valence-corrected chi connectivity index (χ0v) is 8.80. The summed E-state index contributed by atoms with van der Waals surface area (Å²) in [6, 6.07) is 6.78. The van der Waals surface area contributed by atoms with Gasteiger partial charge in [-0.25, -0.2) is 0 Å². The lowest BCUT2D eigenvalue weighted by Crippen LogP contribution is -2.16. The number of benzene rings is 1. The second-order valence-corrected chi connectivity index (χ2v) is 3.39. The normalized spacial score (nSPS) is 11.8. The molecule has 0 heterocycles. The maximum Gasteiger partial charge on any atom is 0.322 e. The highest BCUT2D eigenvalue weighted by Crippen LogP contribution is 2.24. The SMILES string of the molecule is CC(C(=O)O)c1ccccc1NCC(=O)O. The molecule has 0 aliphatic heterocycles. The number of hydrogen-bond acceptors (Lipinski definition) is 3. The van der Waals surface area contributed by atoms with Crippen molar-refractivity contribution in [1.82, 2.24) is 0 Å². The van der Waals surface area contributed by atoms with E-state index < -0.39 is 17.9 Å². The molecule has 5 nitrogen and oxygen atoms in total. The Bertz CT molecular complexity index is 403. The van der Waals surface area contributed by atoms with E-state index in [9.17, 15) is 9.59 Å². The van der Waals surface area contributed by atoms with Gasteiger partial charge in [0.25, 0.3) is 0 Å². The largest absolute Gasteiger partial charge is 0.481 e. The smallest absolute Gasteiger partial charge is 0.322 e. The number of carboxylic acid groups (broad SMARTS) is 2. The van der Waals surface area contributed by atoms with Gasteiger partial charge in [-0.15, -0.1) is 0 Å². The zero-order chi connectivity index (χ0) is 12.1. The number of para-hydroxylation sites is 1. The van der Waals surface area contributed by atoms with E-state index in [1.807, 2.05) is 0 Å². The van der Waals surface area contributed by atoms with Gasteiger partial charge in [0.2, 0.25) is 0 Å². The maximum absolute atomic E-state index is 10.8. The molecule has 1 atom stereocenters. The molecule has 0 aliphatic carbocycles. The molecule has 0 radical (unpaired) electrons. The van der Waals surface area contributed by atoms with E-state index in [0.29, 0.717) is 11.3 Å². The number of anilines is 1. The van der Waals surface area contributed by atoms with Crippen LogP contribution in [0.15, 0.2) is 24.3 Å². The van der Waals surface area contributed by atoms with Gasteiger partial charge in [0.1, 0.15) is 6.54 Å². The van der Waals surface area contributed by atoms with Gasteiger partial charge in [0, 0.05) is 5.69 Å². The summed E-state index contributed by atoms with van der Waals surface area (Å²) in [5, 5.41) is 20.1. The van der Waals surface area contributed by atoms with Gasteiger partial charge in [-0.1, -0.05) is 18.2 Å². The van der Waals surface area contributed by atoms with Gasteiger partial charge in [-0.2, -0.15) is 0 Å². The number of carboxylic acids is 2. The van der Waals surface area contributed by atoms with Gasteiger partial charge in [-0.3, -0.25) is 9.59 Å². The lowest BCUT2D eigenvalue weighted by atomic mass is 9.99. The first-order valence-corrected chi connectivity index (χ1v) is 4.79. The van der Waals surface area contributed by atoms with Gasteiger partial charge in [0.15, 0.2) is 0 Å². The molecule has 5 heteroatoms. The van der Waals surface area contributed by atoms with Crippen molar-refractivity contribution in [2.45, 2.75) is 12.8 Å². The third-order valence-corrected chi connectivity index (χ3v) is 2.23. The second kappa shape index (κ2) is 5.16. The molecule has 0 bridgehead atoms. The second-order valence-electron chi connectivity index (χ2n) is 3.39. The van der Waals surface area contributed by atoms with Crippen LogP contribution in [-0.4, -0.2) is 28.7 Å². The van der Waals surface area contributed by atoms with E-state index >= 15 is 0 Å². The quantitative estimate of drug-likeness (QED) is 0.701. The Morgan fingerprint density at radius 1 is 1.31 bits per heavy atom. The van der Waals surface area contributed by atoms with E-state index in [1.54, 1.807) is 31.2 Å². The van der Waals surface area contributed by atoms with Crippen LogP contribution >= 0.6 is 0 Å². The summed E-state index contributed by atoms with van der Waals surface area (Å²) in [7, 11) is 0. The molecule has 0 saturated carbocycles. The molecular formula is C11H13NO4. The predicted octanol–water partition coefficient (Wildman–Crippen LogP) is 1.37. The first-order valence-electron chi connectivity index (χ1n) is 4.79. The molecule has 86 valence electrons. The third kappa shape index (κ3) is 2.98. The Labute approximate surface area is 92.7 Å². The summed E-state index contributed by atoms with van der Waals surface area (Å²) < 4.78 is 0. The molecule has 0 fully saturated rings. The van der Waals surface area contributed by atoms with Crippen LogP contribution in [0.2, 0.25) is 0 Å². The molecule has 1 aromatic rings. The highest BCUT2D eigenvalue weighted by atomic mass is 16.4. The van der Waals surface area contributed by atoms with Crippen molar-refractivity contribution in [3.63, 3.8) is 0 Å². The van der Waals surface area contributed by atoms with Crippen LogP contribution < -0.4 is 5.32 Å². The van der Waals surface area contributed by atoms with Gasteiger partial charge < -0.3 is 15.5 Å². The maximum atomic E-state index is 10.8. The van der Waals surface area contributed by atoms with E-state index in [1.165, 1.54) is 0 Å². The van der Waals surface area contributed by atoms with Crippen molar-refractivity contribution >= 4 is 17.6 Å². The van der Waals surface area contributed by atoms with Gasteiger partial charge in [-0.05, 0) is 18.6 Å². The van der Waals surface area contributed by atoms with Crippen LogP contribution in [0.25, 0.3) is 0 Å². The number of nitrogens with one attached hydrogen (secondary N) is 1. The zero-order valence-electron chi connectivity index (χ0n) is 8.80. The third-order valence-electron chi connectivity index (χ3n) is 2.23. The minimum Gasteiger partial charge on any atom is -0.481 e. The topological polar surface area (TPSA) is 86.6 Å². The molecule has 1 unspecified atom stereocenters. The van der Waals surface area contributed by atoms with Crippen LogP contribution in [0.3, 0.4) is 0 Å². The van der Waals surface area contributed by atoms with E-state index in [4.69, 9.17) is 10.2 Å². The first kappa shape index (κ1) is 12.0. The van der Waals surface area contributed by atoms with Crippen molar-refractivity contribution < 1.29 is 19.8 Å². The Hall–Kier alpha value is -2.04. The molecule has 1 rings (SSSR count). The minimum atomic E-state index is -0.988. The fraction of sp³-hybridized carbons (Fsp3) is 0.273. The van der Waals surface area contributed by atoms with Crippen LogP contribution in [0.4, 0.5) is 5.69 Å². The first-order chi connectivity index (χ1) is 7.52. The highest BCUT2D eigenvalue weighted by molar-refractivity contribution is 5.79. The summed E-state index contributed by atoms with van der Waals surface area (Å²) in [4.78, 5) is 21.3. The molecule has 0 amide bonds. The highest BCUT2D eigenvalue weighted by Gasteiger charge is 2.16. The summed E-state index contributed by atoms with van der Waals surface area (Å²) in [5.74, 6) is -2.60. The molecule has 0 saturated heterocycles. The molecule has 16 heavy (non-hydrogen) atoms. The van der Waals surface area contributed by atoms with E-state index in [2.05, 4.69) is 5.32 Å². The Morgan fingerprint density at radius 2 is 1.94 bits per heavy atom. The molecule has 3 N–H and O–H groups in total. The number of aliphatic carboxylic acids is 2. The summed E-state index contributed by atoms with van der Waals surface area (Å²) in [5.41, 5.74) is 1.12. The lowest BCUT2D eigenvalue weighted by Gasteiger charge is -2.13. The van der Waals surface area contributed by atoms with Crippen molar-refractivity contribution in [1.29, 1.82) is 0 Å². The molecule has 0 spiro atoms. The fourth-order valence-electron chi connectivity index (χ4n) is 1.34. The predicted molar refractivity (Wildman–Crippen MR) is 58.6 cm³/mol. The summed E-state index contributed by atoms with van der Waals surface area (Å²) in [6.45, 7) is 1.33. The molecule has 0 aliphatic rings. The van der Waals surface area contributed by atoms with Crippen LogP contribution in [-0.2, 0) is 9.59 Å². The molecule has 0 aromatic heterocycles. The number of rotatable bonds is 5. The van der Waals surface area contributed by atoms with Crippen molar-refractivity contribution in [3.8, 4) is 0 Å². The van der Waals surface area contributed by atoms with Crippen LogP contribution in [0.5, 0.6) is 0 Å². The van der Waals surface area contributed by atoms with E-state index in [0.717, 1.165) is 0 Å². The van der Waals surface area contributed by atoms with Gasteiger partial charge >= 0.3 is 11.9 Å². The van der Waals surface area contributed by atoms with Crippen molar-refractivity contribution in [2.24, 2.45) is 0 Å². The van der Waals surface area contributed by atoms with Gasteiger partial charge in [0.05, 0.1) is 5.92 Å². The molecule has 1 aromatic carbocycles. The number of carbonyl (C=O) groups is 2. The Kier molecular flexibility index (Phi) is 3.88. The van der Waals surface area contributed by atoms with Crippen molar-refractivity contribution in [3.05, 3.63) is 29.8 Å². The summed E-state index contributed by atoms with van der Waals surface area (Å²) >= 11 is 0. The average Bonchev–Trinajstić information content (AvgIpc) is 2.25. The van der Waals surface area contributed by atoms with Crippen molar-refractivity contribution in [2.75, 3.05) is 11.9 Å². The minimum absolute atomic E-state index is 0.233. The average molecular weight is 223 g/mol. The standard InChI is InChI=1S/C11H13NO4/c1-7(11(15)16)8-4-2-3-5-9(8)12-6-10(13)14/h2-5,7,12H,6H2,1H3,(H,13,14)(H,15,16). The van der Waals surface area contributed by atoms with Crippen LogP contribution in [0.1, 0.15) is 18.4 Å². The summed E-state index contributed by atoms with van der Waals surface area (Å²) in [6.07, 6.45) is 0.